The minimum absolute atomic E-state index is 0.0946. The summed E-state index contributed by atoms with van der Waals surface area (Å²) in [5, 5.41) is 5.61. The van der Waals surface area contributed by atoms with Crippen LogP contribution < -0.4 is 10.6 Å². The second-order valence-corrected chi connectivity index (χ2v) is 7.16. The highest BCUT2D eigenvalue weighted by atomic mass is 16.5. The average molecular weight is 413 g/mol. The van der Waals surface area contributed by atoms with Crippen LogP contribution in [0.4, 0.5) is 5.69 Å². The highest BCUT2D eigenvalue weighted by Crippen LogP contribution is 2.19. The molecule has 2 aromatic rings. The van der Waals surface area contributed by atoms with E-state index < -0.39 is 0 Å². The van der Waals surface area contributed by atoms with Crippen LogP contribution in [0.2, 0.25) is 0 Å². The van der Waals surface area contributed by atoms with Gasteiger partial charge in [-0.25, -0.2) is 0 Å². The molecular weight excluding hydrogens is 386 g/mol. The standard InChI is InChI=1S/C22H27N3O5/c1-2-29-22(28)16-9-11-25(12-10-16)15-20(26)24-19-8-4-3-7-18(19)21(27)23-14-17-6-5-13-30-17/h3-8,13,16H,2,9-12,14-15H2,1H3,(H,23,27)(H,24,26). The molecule has 0 aliphatic carbocycles. The molecule has 0 atom stereocenters. The van der Waals surface area contributed by atoms with Gasteiger partial charge in [0.1, 0.15) is 5.76 Å². The number of rotatable bonds is 8. The van der Waals surface area contributed by atoms with Crippen molar-refractivity contribution < 1.29 is 23.5 Å². The van der Waals surface area contributed by atoms with Crippen LogP contribution in [-0.2, 0) is 20.9 Å². The van der Waals surface area contributed by atoms with E-state index in [0.29, 0.717) is 49.5 Å². The predicted molar refractivity (Wildman–Crippen MR) is 111 cm³/mol. The smallest absolute Gasteiger partial charge is 0.309 e. The predicted octanol–water partition coefficient (Wildman–Crippen LogP) is 2.42. The SMILES string of the molecule is CCOC(=O)C1CCN(CC(=O)Nc2ccccc2C(=O)NCc2ccco2)CC1. The molecule has 1 fully saturated rings. The Hall–Kier alpha value is -3.13. The lowest BCUT2D eigenvalue weighted by atomic mass is 9.97. The maximum absolute atomic E-state index is 12.5. The van der Waals surface area contributed by atoms with E-state index in [1.807, 2.05) is 4.90 Å². The van der Waals surface area contributed by atoms with Gasteiger partial charge >= 0.3 is 5.97 Å². The summed E-state index contributed by atoms with van der Waals surface area (Å²) in [5.74, 6) is -0.0940. The van der Waals surface area contributed by atoms with Gasteiger partial charge in [-0.1, -0.05) is 12.1 Å². The maximum Gasteiger partial charge on any atom is 0.309 e. The Labute approximate surface area is 175 Å². The zero-order valence-electron chi connectivity index (χ0n) is 17.1. The minimum Gasteiger partial charge on any atom is -0.467 e. The van der Waals surface area contributed by atoms with Crippen LogP contribution in [0, 0.1) is 5.92 Å². The van der Waals surface area contributed by atoms with E-state index in [0.717, 1.165) is 0 Å². The summed E-state index contributed by atoms with van der Waals surface area (Å²) in [5.41, 5.74) is 0.847. The normalized spacial score (nSPS) is 14.8. The topological polar surface area (TPSA) is 101 Å². The van der Waals surface area contributed by atoms with Gasteiger partial charge in [-0.3, -0.25) is 19.3 Å². The summed E-state index contributed by atoms with van der Waals surface area (Å²) in [4.78, 5) is 38.9. The summed E-state index contributed by atoms with van der Waals surface area (Å²) in [6.07, 6.45) is 2.90. The molecule has 0 bridgehead atoms. The highest BCUT2D eigenvalue weighted by molar-refractivity contribution is 6.04. The molecule has 1 aliphatic rings. The van der Waals surface area contributed by atoms with Crippen molar-refractivity contribution in [3.8, 4) is 0 Å². The molecule has 8 heteroatoms. The third-order valence-corrected chi connectivity index (χ3v) is 5.02. The highest BCUT2D eigenvalue weighted by Gasteiger charge is 2.27. The van der Waals surface area contributed by atoms with E-state index in [1.165, 1.54) is 0 Å². The Kier molecular flexibility index (Phi) is 7.62. The molecule has 2 amide bonds. The molecule has 3 rings (SSSR count). The van der Waals surface area contributed by atoms with Crippen molar-refractivity contribution in [2.24, 2.45) is 5.92 Å². The fourth-order valence-corrected chi connectivity index (χ4v) is 3.45. The van der Waals surface area contributed by atoms with E-state index in [-0.39, 0.29) is 36.8 Å². The molecule has 0 radical (unpaired) electrons. The molecule has 30 heavy (non-hydrogen) atoms. The molecule has 0 saturated carbocycles. The van der Waals surface area contributed by atoms with Crippen LogP contribution in [0.3, 0.4) is 0 Å². The average Bonchev–Trinajstić information content (AvgIpc) is 3.27. The number of carbonyl (C=O) groups excluding carboxylic acids is 3. The van der Waals surface area contributed by atoms with Crippen molar-refractivity contribution in [2.75, 3.05) is 31.6 Å². The molecule has 8 nitrogen and oxygen atoms in total. The summed E-state index contributed by atoms with van der Waals surface area (Å²) in [6.45, 7) is 3.97. The molecule has 0 unspecified atom stereocenters. The van der Waals surface area contributed by atoms with Crippen LogP contribution in [0.15, 0.2) is 47.1 Å². The summed E-state index contributed by atoms with van der Waals surface area (Å²) in [7, 11) is 0. The number of benzene rings is 1. The van der Waals surface area contributed by atoms with E-state index in [2.05, 4.69) is 10.6 Å². The summed E-state index contributed by atoms with van der Waals surface area (Å²) in [6, 6.07) is 10.4. The number of hydrogen-bond donors (Lipinski definition) is 2. The van der Waals surface area contributed by atoms with Crippen molar-refractivity contribution in [3.05, 3.63) is 54.0 Å². The molecule has 2 heterocycles. The monoisotopic (exact) mass is 413 g/mol. The quantitative estimate of drug-likeness (QED) is 0.645. The van der Waals surface area contributed by atoms with Gasteiger partial charge in [0.15, 0.2) is 0 Å². The maximum atomic E-state index is 12.5. The number of nitrogens with zero attached hydrogens (tertiary/aromatic N) is 1. The number of piperidine rings is 1. The molecule has 1 aromatic heterocycles. The lowest BCUT2D eigenvalue weighted by Gasteiger charge is -2.30. The first-order chi connectivity index (χ1) is 14.6. The Balaban J connectivity index is 1.51. The molecular formula is C22H27N3O5. The number of para-hydroxylation sites is 1. The lowest BCUT2D eigenvalue weighted by molar-refractivity contribution is -0.149. The van der Waals surface area contributed by atoms with Crippen LogP contribution >= 0.6 is 0 Å². The number of furan rings is 1. The molecule has 1 aliphatic heterocycles. The number of amides is 2. The van der Waals surface area contributed by atoms with Crippen molar-refractivity contribution in [1.29, 1.82) is 0 Å². The van der Waals surface area contributed by atoms with Gasteiger partial charge in [-0.15, -0.1) is 0 Å². The van der Waals surface area contributed by atoms with E-state index in [1.54, 1.807) is 49.6 Å². The number of hydrogen-bond acceptors (Lipinski definition) is 6. The van der Waals surface area contributed by atoms with Crippen LogP contribution in [0.5, 0.6) is 0 Å². The van der Waals surface area contributed by atoms with Gasteiger partial charge in [0.25, 0.3) is 5.91 Å². The van der Waals surface area contributed by atoms with E-state index in [4.69, 9.17) is 9.15 Å². The lowest BCUT2D eigenvalue weighted by Crippen LogP contribution is -2.41. The van der Waals surface area contributed by atoms with Crippen LogP contribution in [0.25, 0.3) is 0 Å². The van der Waals surface area contributed by atoms with Crippen molar-refractivity contribution in [3.63, 3.8) is 0 Å². The zero-order chi connectivity index (χ0) is 21.3. The first-order valence-electron chi connectivity index (χ1n) is 10.1. The number of nitrogens with one attached hydrogen (secondary N) is 2. The number of esters is 1. The Bertz CT molecular complexity index is 857. The third kappa shape index (κ3) is 5.93. The minimum atomic E-state index is -0.294. The molecule has 1 saturated heterocycles. The molecule has 2 N–H and O–H groups in total. The Morgan fingerprint density at radius 3 is 2.60 bits per heavy atom. The fraction of sp³-hybridized carbons (Fsp3) is 0.409. The largest absolute Gasteiger partial charge is 0.467 e. The first-order valence-corrected chi connectivity index (χ1v) is 10.1. The first kappa shape index (κ1) is 21.6. The second kappa shape index (κ2) is 10.6. The fourth-order valence-electron chi connectivity index (χ4n) is 3.45. The number of anilines is 1. The Morgan fingerprint density at radius 2 is 1.90 bits per heavy atom. The summed E-state index contributed by atoms with van der Waals surface area (Å²) >= 11 is 0. The van der Waals surface area contributed by atoms with Gasteiger partial charge < -0.3 is 19.8 Å². The van der Waals surface area contributed by atoms with Gasteiger partial charge in [0.05, 0.1) is 43.1 Å². The van der Waals surface area contributed by atoms with Gasteiger partial charge in [0.2, 0.25) is 5.91 Å². The van der Waals surface area contributed by atoms with E-state index in [9.17, 15) is 14.4 Å². The number of likely N-dealkylation sites (tertiary alicyclic amines) is 1. The molecule has 0 spiro atoms. The van der Waals surface area contributed by atoms with Crippen LogP contribution in [-0.4, -0.2) is 48.9 Å². The third-order valence-electron chi connectivity index (χ3n) is 5.02. The molecule has 160 valence electrons. The van der Waals surface area contributed by atoms with Crippen molar-refractivity contribution in [1.82, 2.24) is 10.2 Å². The van der Waals surface area contributed by atoms with Gasteiger partial charge in [-0.05, 0) is 57.1 Å². The zero-order valence-corrected chi connectivity index (χ0v) is 17.1. The Morgan fingerprint density at radius 1 is 1.13 bits per heavy atom. The number of ether oxygens (including phenoxy) is 1. The van der Waals surface area contributed by atoms with Crippen LogP contribution in [0.1, 0.15) is 35.9 Å². The van der Waals surface area contributed by atoms with E-state index >= 15 is 0 Å². The van der Waals surface area contributed by atoms with Gasteiger partial charge in [-0.2, -0.15) is 0 Å². The molecule has 1 aromatic carbocycles. The van der Waals surface area contributed by atoms with Gasteiger partial charge in [0, 0.05) is 0 Å². The number of carbonyl (C=O) groups is 3. The van der Waals surface area contributed by atoms with Crippen molar-refractivity contribution in [2.45, 2.75) is 26.3 Å². The summed E-state index contributed by atoms with van der Waals surface area (Å²) < 4.78 is 10.3. The van der Waals surface area contributed by atoms with Crippen molar-refractivity contribution >= 4 is 23.5 Å². The second-order valence-electron chi connectivity index (χ2n) is 7.16.